The monoisotopic (exact) mass is 271 g/mol. The van der Waals surface area contributed by atoms with Gasteiger partial charge in [0, 0.05) is 25.1 Å². The van der Waals surface area contributed by atoms with E-state index >= 15 is 0 Å². The summed E-state index contributed by atoms with van der Waals surface area (Å²) in [5, 5.41) is 5.95. The molecule has 0 aliphatic carbocycles. The lowest BCUT2D eigenvalue weighted by atomic mass is 10.2. The van der Waals surface area contributed by atoms with Gasteiger partial charge >= 0.3 is 0 Å². The van der Waals surface area contributed by atoms with E-state index in [0.29, 0.717) is 12.1 Å². The summed E-state index contributed by atoms with van der Waals surface area (Å²) in [5.41, 5.74) is 2.86. The Bertz CT molecular complexity index is 582. The van der Waals surface area contributed by atoms with Crippen LogP contribution in [0.15, 0.2) is 30.9 Å². The van der Waals surface area contributed by atoms with Gasteiger partial charge in [0.1, 0.15) is 0 Å². The molecule has 0 bridgehead atoms. The topological polar surface area (TPSA) is 79.8 Å². The van der Waals surface area contributed by atoms with Crippen LogP contribution in [0.25, 0.3) is 0 Å². The van der Waals surface area contributed by atoms with Gasteiger partial charge < -0.3 is 10.6 Å². The van der Waals surface area contributed by atoms with Crippen molar-refractivity contribution in [2.75, 3.05) is 11.9 Å². The molecule has 1 amide bonds. The summed E-state index contributed by atoms with van der Waals surface area (Å²) in [4.78, 5) is 24.5. The molecule has 0 spiro atoms. The Morgan fingerprint density at radius 2 is 2.10 bits per heavy atom. The van der Waals surface area contributed by atoms with Crippen molar-refractivity contribution in [3.05, 3.63) is 47.8 Å². The molecule has 0 aliphatic heterocycles. The van der Waals surface area contributed by atoms with Crippen molar-refractivity contribution in [2.45, 2.75) is 20.4 Å². The predicted octanol–water partition coefficient (Wildman–Crippen LogP) is 1.54. The van der Waals surface area contributed by atoms with Crippen molar-refractivity contribution >= 4 is 11.6 Å². The second-order valence-electron chi connectivity index (χ2n) is 4.28. The second-order valence-corrected chi connectivity index (χ2v) is 4.28. The van der Waals surface area contributed by atoms with E-state index in [1.54, 1.807) is 30.9 Å². The van der Waals surface area contributed by atoms with Gasteiger partial charge in [-0.25, -0.2) is 0 Å². The minimum atomic E-state index is -0.184. The van der Waals surface area contributed by atoms with E-state index in [-0.39, 0.29) is 5.91 Å². The summed E-state index contributed by atoms with van der Waals surface area (Å²) in [5.74, 6) is -0.184. The van der Waals surface area contributed by atoms with Crippen LogP contribution in [0.5, 0.6) is 0 Å². The fourth-order valence-corrected chi connectivity index (χ4v) is 1.70. The maximum atomic E-state index is 12.1. The molecule has 0 unspecified atom stereocenters. The predicted molar refractivity (Wildman–Crippen MR) is 76.3 cm³/mol. The van der Waals surface area contributed by atoms with Crippen LogP contribution < -0.4 is 10.6 Å². The molecule has 0 aliphatic rings. The molecule has 0 saturated carbocycles. The first-order valence-corrected chi connectivity index (χ1v) is 6.44. The van der Waals surface area contributed by atoms with Gasteiger partial charge in [0.25, 0.3) is 5.91 Å². The third-order valence-electron chi connectivity index (χ3n) is 2.70. The van der Waals surface area contributed by atoms with Crippen molar-refractivity contribution in [2.24, 2.45) is 0 Å². The number of aromatic nitrogens is 3. The summed E-state index contributed by atoms with van der Waals surface area (Å²) in [6, 6.07) is 1.78. The lowest BCUT2D eigenvalue weighted by molar-refractivity contribution is 0.0951. The summed E-state index contributed by atoms with van der Waals surface area (Å²) in [7, 11) is 0. The van der Waals surface area contributed by atoms with Crippen LogP contribution in [0.4, 0.5) is 5.69 Å². The Morgan fingerprint density at radius 1 is 1.25 bits per heavy atom. The van der Waals surface area contributed by atoms with Gasteiger partial charge in [-0.2, -0.15) is 0 Å². The zero-order valence-corrected chi connectivity index (χ0v) is 11.6. The molecule has 104 valence electrons. The van der Waals surface area contributed by atoms with Crippen LogP contribution in [0.1, 0.15) is 28.7 Å². The highest BCUT2D eigenvalue weighted by molar-refractivity contribution is 5.99. The highest BCUT2D eigenvalue weighted by atomic mass is 16.1. The lowest BCUT2D eigenvalue weighted by Gasteiger charge is -2.10. The molecule has 2 heterocycles. The number of carbonyl (C=O) groups is 1. The molecule has 2 N–H and O–H groups in total. The average Bonchev–Trinajstić information content (AvgIpc) is 2.47. The fraction of sp³-hybridized carbons (Fsp3) is 0.286. The first kappa shape index (κ1) is 13.9. The molecule has 0 atom stereocenters. The van der Waals surface area contributed by atoms with Crippen LogP contribution in [0.2, 0.25) is 0 Å². The summed E-state index contributed by atoms with van der Waals surface area (Å²) >= 11 is 0. The number of nitrogens with one attached hydrogen (secondary N) is 2. The Hall–Kier alpha value is -2.50. The number of pyridine rings is 1. The number of hydrogen-bond acceptors (Lipinski definition) is 5. The smallest absolute Gasteiger partial charge is 0.255 e. The largest absolute Gasteiger partial charge is 0.385 e. The SMILES string of the molecule is CCNc1ccncc1C(=O)NCc1cnc(C)cn1. The number of rotatable bonds is 5. The molecule has 0 saturated heterocycles. The van der Waals surface area contributed by atoms with Crippen LogP contribution in [-0.4, -0.2) is 27.4 Å². The Labute approximate surface area is 117 Å². The van der Waals surface area contributed by atoms with Crippen molar-refractivity contribution in [3.8, 4) is 0 Å². The zero-order valence-electron chi connectivity index (χ0n) is 11.6. The van der Waals surface area contributed by atoms with Crippen LogP contribution in [0, 0.1) is 6.92 Å². The Balaban J connectivity index is 2.03. The summed E-state index contributed by atoms with van der Waals surface area (Å²) in [6.07, 6.45) is 6.54. The van der Waals surface area contributed by atoms with E-state index < -0.39 is 0 Å². The molecule has 0 fully saturated rings. The fourth-order valence-electron chi connectivity index (χ4n) is 1.70. The van der Waals surface area contributed by atoms with E-state index in [0.717, 1.165) is 23.6 Å². The van der Waals surface area contributed by atoms with E-state index in [4.69, 9.17) is 0 Å². The van der Waals surface area contributed by atoms with Gasteiger partial charge in [-0.1, -0.05) is 0 Å². The van der Waals surface area contributed by atoms with Crippen molar-refractivity contribution in [1.29, 1.82) is 0 Å². The number of nitrogens with zero attached hydrogens (tertiary/aromatic N) is 3. The Kier molecular flexibility index (Phi) is 4.60. The standard InChI is InChI=1S/C14H17N5O/c1-3-16-13-4-5-15-9-12(13)14(20)19-8-11-7-17-10(2)6-18-11/h4-7,9H,3,8H2,1-2H3,(H,15,16)(H,19,20). The first-order chi connectivity index (χ1) is 9.70. The minimum absolute atomic E-state index is 0.184. The summed E-state index contributed by atoms with van der Waals surface area (Å²) in [6.45, 7) is 4.93. The van der Waals surface area contributed by atoms with Crippen molar-refractivity contribution in [3.63, 3.8) is 0 Å². The molecule has 0 aromatic carbocycles. The van der Waals surface area contributed by atoms with E-state index in [1.165, 1.54) is 0 Å². The molecule has 6 heteroatoms. The second kappa shape index (κ2) is 6.60. The number of carbonyl (C=O) groups excluding carboxylic acids is 1. The number of aryl methyl sites for hydroxylation is 1. The highest BCUT2D eigenvalue weighted by Crippen LogP contribution is 2.13. The van der Waals surface area contributed by atoms with Crippen LogP contribution in [0.3, 0.4) is 0 Å². The molecule has 6 nitrogen and oxygen atoms in total. The van der Waals surface area contributed by atoms with Crippen LogP contribution >= 0.6 is 0 Å². The number of amides is 1. The van der Waals surface area contributed by atoms with Gasteiger partial charge in [0.05, 0.1) is 35.4 Å². The third kappa shape index (κ3) is 3.50. The quantitative estimate of drug-likeness (QED) is 0.862. The minimum Gasteiger partial charge on any atom is -0.385 e. The maximum absolute atomic E-state index is 12.1. The molecular formula is C14H17N5O. The molecule has 0 radical (unpaired) electrons. The maximum Gasteiger partial charge on any atom is 0.255 e. The van der Waals surface area contributed by atoms with Gasteiger partial charge in [-0.3, -0.25) is 19.7 Å². The number of anilines is 1. The van der Waals surface area contributed by atoms with Gasteiger partial charge in [0.2, 0.25) is 0 Å². The summed E-state index contributed by atoms with van der Waals surface area (Å²) < 4.78 is 0. The van der Waals surface area contributed by atoms with Gasteiger partial charge in [-0.15, -0.1) is 0 Å². The third-order valence-corrected chi connectivity index (χ3v) is 2.70. The van der Waals surface area contributed by atoms with Gasteiger partial charge in [-0.05, 0) is 19.9 Å². The van der Waals surface area contributed by atoms with E-state index in [2.05, 4.69) is 25.6 Å². The van der Waals surface area contributed by atoms with Crippen molar-refractivity contribution < 1.29 is 4.79 Å². The van der Waals surface area contributed by atoms with E-state index in [9.17, 15) is 4.79 Å². The van der Waals surface area contributed by atoms with Gasteiger partial charge in [0.15, 0.2) is 0 Å². The molecule has 20 heavy (non-hydrogen) atoms. The Morgan fingerprint density at radius 3 is 2.80 bits per heavy atom. The molecular weight excluding hydrogens is 254 g/mol. The number of hydrogen-bond donors (Lipinski definition) is 2. The van der Waals surface area contributed by atoms with Crippen LogP contribution in [-0.2, 0) is 6.54 Å². The average molecular weight is 271 g/mol. The first-order valence-electron chi connectivity index (χ1n) is 6.44. The van der Waals surface area contributed by atoms with Crippen molar-refractivity contribution in [1.82, 2.24) is 20.3 Å². The highest BCUT2D eigenvalue weighted by Gasteiger charge is 2.10. The lowest BCUT2D eigenvalue weighted by Crippen LogP contribution is -2.24. The normalized spacial score (nSPS) is 10.1. The molecule has 2 aromatic rings. The molecule has 2 aromatic heterocycles. The molecule has 2 rings (SSSR count). The zero-order chi connectivity index (χ0) is 14.4. The van der Waals surface area contributed by atoms with E-state index in [1.807, 2.05) is 13.8 Å².